The average molecular weight is 444 g/mol. The lowest BCUT2D eigenvalue weighted by Gasteiger charge is -2.40. The predicted octanol–water partition coefficient (Wildman–Crippen LogP) is 2.93. The molecule has 1 spiro atoms. The summed E-state index contributed by atoms with van der Waals surface area (Å²) in [6.07, 6.45) is 2.80. The van der Waals surface area contributed by atoms with Gasteiger partial charge in [-0.25, -0.2) is 4.79 Å². The Kier molecular flexibility index (Phi) is 6.91. The van der Waals surface area contributed by atoms with Crippen LogP contribution in [0.2, 0.25) is 0 Å². The molecule has 1 aromatic rings. The molecule has 0 aromatic heterocycles. The number of benzene rings is 1. The van der Waals surface area contributed by atoms with Gasteiger partial charge in [0.2, 0.25) is 0 Å². The molecule has 1 aliphatic carbocycles. The quantitative estimate of drug-likeness (QED) is 0.520. The normalized spacial score (nSPS) is 24.2. The maximum atomic E-state index is 13.0. The summed E-state index contributed by atoms with van der Waals surface area (Å²) in [5.41, 5.74) is 0.148. The molecule has 8 nitrogen and oxygen atoms in total. The van der Waals surface area contributed by atoms with Gasteiger partial charge in [0.1, 0.15) is 12.1 Å². The first-order valence-corrected chi connectivity index (χ1v) is 11.2. The van der Waals surface area contributed by atoms with E-state index in [1.165, 1.54) is 0 Å². The number of imide groups is 1. The molecule has 1 aliphatic heterocycles. The highest BCUT2D eigenvalue weighted by atomic mass is 16.5. The van der Waals surface area contributed by atoms with Crippen molar-refractivity contribution in [2.45, 2.75) is 65.0 Å². The van der Waals surface area contributed by atoms with E-state index in [0.717, 1.165) is 23.3 Å². The van der Waals surface area contributed by atoms with Crippen LogP contribution in [0.25, 0.3) is 0 Å². The molecule has 8 heteroatoms. The van der Waals surface area contributed by atoms with Gasteiger partial charge in [-0.05, 0) is 49.5 Å². The smallest absolute Gasteiger partial charge is 0.326 e. The Morgan fingerprint density at radius 2 is 1.81 bits per heavy atom. The van der Waals surface area contributed by atoms with Gasteiger partial charge in [0.05, 0.1) is 6.04 Å². The number of nitrogens with one attached hydrogen (secondary N) is 2. The van der Waals surface area contributed by atoms with Crippen molar-refractivity contribution in [3.63, 3.8) is 0 Å². The van der Waals surface area contributed by atoms with Crippen LogP contribution in [0, 0.1) is 11.3 Å². The molecule has 1 aromatic carbocycles. The van der Waals surface area contributed by atoms with Crippen LogP contribution in [0.1, 0.15) is 65.0 Å². The summed E-state index contributed by atoms with van der Waals surface area (Å²) in [6, 6.07) is 8.59. The first-order chi connectivity index (χ1) is 15.0. The van der Waals surface area contributed by atoms with Gasteiger partial charge in [-0.15, -0.1) is 0 Å². The molecule has 2 N–H and O–H groups in total. The van der Waals surface area contributed by atoms with Crippen LogP contribution in [0.15, 0.2) is 30.3 Å². The van der Waals surface area contributed by atoms with Crippen molar-refractivity contribution in [1.29, 1.82) is 0 Å². The largest absolute Gasteiger partial charge is 0.454 e. The van der Waals surface area contributed by atoms with E-state index in [4.69, 9.17) is 4.74 Å². The molecule has 174 valence electrons. The molecule has 4 amide bonds. The van der Waals surface area contributed by atoms with Crippen molar-refractivity contribution in [3.8, 4) is 0 Å². The fourth-order valence-electron chi connectivity index (χ4n) is 4.56. The second kappa shape index (κ2) is 9.30. The van der Waals surface area contributed by atoms with Crippen LogP contribution >= 0.6 is 0 Å². The number of hydrogen-bond donors (Lipinski definition) is 2. The predicted molar refractivity (Wildman–Crippen MR) is 118 cm³/mol. The van der Waals surface area contributed by atoms with E-state index >= 15 is 0 Å². The van der Waals surface area contributed by atoms with Gasteiger partial charge in [0.25, 0.3) is 11.8 Å². The summed E-state index contributed by atoms with van der Waals surface area (Å²) in [7, 11) is 0. The van der Waals surface area contributed by atoms with Crippen molar-refractivity contribution in [1.82, 2.24) is 15.5 Å². The van der Waals surface area contributed by atoms with Crippen LogP contribution in [0.5, 0.6) is 0 Å². The minimum absolute atomic E-state index is 0.148. The Labute approximate surface area is 189 Å². The monoisotopic (exact) mass is 443 g/mol. The molecule has 1 atom stereocenters. The molecule has 2 aliphatic rings. The van der Waals surface area contributed by atoms with Gasteiger partial charge in [0.15, 0.2) is 6.61 Å². The molecule has 0 bridgehead atoms. The zero-order valence-electron chi connectivity index (χ0n) is 19.3. The van der Waals surface area contributed by atoms with Gasteiger partial charge in [-0.2, -0.15) is 0 Å². The number of esters is 1. The Morgan fingerprint density at radius 3 is 2.41 bits per heavy atom. The second-order valence-corrected chi connectivity index (χ2v) is 9.90. The van der Waals surface area contributed by atoms with Gasteiger partial charge < -0.3 is 15.4 Å². The maximum absolute atomic E-state index is 13.0. The van der Waals surface area contributed by atoms with Gasteiger partial charge in [0, 0.05) is 0 Å². The summed E-state index contributed by atoms with van der Waals surface area (Å²) < 4.78 is 5.01. The van der Waals surface area contributed by atoms with Gasteiger partial charge >= 0.3 is 12.0 Å². The molecule has 1 heterocycles. The third kappa shape index (κ3) is 5.29. The lowest BCUT2D eigenvalue weighted by Crippen LogP contribution is -2.50. The van der Waals surface area contributed by atoms with Crippen LogP contribution in [-0.4, -0.2) is 47.4 Å². The number of rotatable bonds is 6. The molecular formula is C24H33N3O5. The Morgan fingerprint density at radius 1 is 1.19 bits per heavy atom. The number of ether oxygens (including phenoxy) is 1. The van der Waals surface area contributed by atoms with E-state index in [-0.39, 0.29) is 17.4 Å². The summed E-state index contributed by atoms with van der Waals surface area (Å²) in [6.45, 7) is 7.40. The number of amides is 4. The molecule has 1 unspecified atom stereocenters. The van der Waals surface area contributed by atoms with Crippen LogP contribution in [-0.2, 0) is 19.1 Å². The summed E-state index contributed by atoms with van der Waals surface area (Å²) >= 11 is 0. The average Bonchev–Trinajstić information content (AvgIpc) is 2.96. The molecule has 32 heavy (non-hydrogen) atoms. The Bertz CT molecular complexity index is 869. The topological polar surface area (TPSA) is 105 Å². The summed E-state index contributed by atoms with van der Waals surface area (Å²) in [5, 5.41) is 5.56. The fraction of sp³-hybridized carbons (Fsp3) is 0.583. The highest BCUT2D eigenvalue weighted by Crippen LogP contribution is 2.43. The van der Waals surface area contributed by atoms with E-state index in [2.05, 4.69) is 31.4 Å². The van der Waals surface area contributed by atoms with Crippen molar-refractivity contribution in [2.24, 2.45) is 11.3 Å². The molecule has 0 radical (unpaired) electrons. The van der Waals surface area contributed by atoms with Crippen molar-refractivity contribution < 1.29 is 23.9 Å². The minimum Gasteiger partial charge on any atom is -0.454 e. The van der Waals surface area contributed by atoms with Crippen molar-refractivity contribution in [2.75, 3.05) is 13.2 Å². The van der Waals surface area contributed by atoms with E-state index in [9.17, 15) is 19.2 Å². The van der Waals surface area contributed by atoms with Crippen molar-refractivity contribution >= 4 is 23.8 Å². The fourth-order valence-corrected chi connectivity index (χ4v) is 4.56. The van der Waals surface area contributed by atoms with E-state index in [1.54, 1.807) is 0 Å². The summed E-state index contributed by atoms with van der Waals surface area (Å²) in [4.78, 5) is 50.6. The molecule has 1 saturated heterocycles. The van der Waals surface area contributed by atoms with Crippen molar-refractivity contribution in [3.05, 3.63) is 35.9 Å². The number of carbonyl (C=O) groups is 4. The first-order valence-electron chi connectivity index (χ1n) is 11.2. The molecular weight excluding hydrogens is 410 g/mol. The number of urea groups is 1. The zero-order valence-corrected chi connectivity index (χ0v) is 19.3. The molecule has 1 saturated carbocycles. The highest BCUT2D eigenvalue weighted by Gasteiger charge is 2.53. The number of carbonyl (C=O) groups excluding carboxylic acids is 4. The minimum atomic E-state index is -0.929. The maximum Gasteiger partial charge on any atom is 0.326 e. The first kappa shape index (κ1) is 23.8. The van der Waals surface area contributed by atoms with E-state index < -0.39 is 36.6 Å². The second-order valence-electron chi connectivity index (χ2n) is 9.90. The molecule has 2 fully saturated rings. The van der Waals surface area contributed by atoms with Crippen LogP contribution in [0.3, 0.4) is 0 Å². The SMILES string of the molecule is CC(NC(=O)COC(=O)CN1C(=O)NC2(CCC(C(C)(C)C)CC2)C1=O)c1ccccc1. The lowest BCUT2D eigenvalue weighted by atomic mass is 9.67. The van der Waals surface area contributed by atoms with Gasteiger partial charge in [-0.1, -0.05) is 51.1 Å². The van der Waals surface area contributed by atoms with Gasteiger partial charge in [-0.3, -0.25) is 19.3 Å². The number of nitrogens with zero attached hydrogens (tertiary/aromatic N) is 1. The standard InChI is InChI=1S/C24H33N3O5/c1-16(17-8-6-5-7-9-17)25-19(28)15-32-20(29)14-27-21(30)24(26-22(27)31)12-10-18(11-13-24)23(2,3)4/h5-9,16,18H,10-15H2,1-4H3,(H,25,28)(H,26,31). The third-order valence-corrected chi connectivity index (χ3v) is 6.64. The van der Waals surface area contributed by atoms with Crippen LogP contribution in [0.4, 0.5) is 4.79 Å². The summed E-state index contributed by atoms with van der Waals surface area (Å²) in [5.74, 6) is -1.15. The van der Waals surface area contributed by atoms with Crippen LogP contribution < -0.4 is 10.6 Å². The number of hydrogen-bond acceptors (Lipinski definition) is 5. The zero-order chi connectivity index (χ0) is 23.5. The highest BCUT2D eigenvalue weighted by molar-refractivity contribution is 6.08. The third-order valence-electron chi connectivity index (χ3n) is 6.64. The Balaban J connectivity index is 1.48. The Hall–Kier alpha value is -2.90. The van der Waals surface area contributed by atoms with E-state index in [1.807, 2.05) is 37.3 Å². The van der Waals surface area contributed by atoms with E-state index in [0.29, 0.717) is 18.8 Å². The molecule has 3 rings (SSSR count). The lowest BCUT2D eigenvalue weighted by molar-refractivity contribution is -0.151.